The van der Waals surface area contributed by atoms with Gasteiger partial charge in [-0.3, -0.25) is 4.79 Å². The number of hydrogen-bond acceptors (Lipinski definition) is 4. The molecule has 94 valence electrons. The Bertz CT molecular complexity index is 578. The maximum absolute atomic E-state index is 10.8. The van der Waals surface area contributed by atoms with Crippen LogP contribution in [0.4, 0.5) is 0 Å². The van der Waals surface area contributed by atoms with Gasteiger partial charge in [-0.15, -0.1) is 0 Å². The molecule has 0 bridgehead atoms. The molecule has 0 aliphatic rings. The highest BCUT2D eigenvalue weighted by Crippen LogP contribution is 2.22. The van der Waals surface area contributed by atoms with E-state index in [4.69, 9.17) is 9.84 Å². The van der Waals surface area contributed by atoms with E-state index in [1.165, 1.54) is 4.68 Å². The third-order valence-electron chi connectivity index (χ3n) is 2.40. The summed E-state index contributed by atoms with van der Waals surface area (Å²) in [5.41, 5.74) is 0.678. The molecule has 0 unspecified atom stereocenters. The molecular formula is C12H13N3O3. The maximum atomic E-state index is 10.8. The molecule has 0 radical (unpaired) electrons. The smallest absolute Gasteiger partial charge is 0.311 e. The molecule has 6 heteroatoms. The molecule has 0 aliphatic carbocycles. The quantitative estimate of drug-likeness (QED) is 0.878. The van der Waals surface area contributed by atoms with Crippen molar-refractivity contribution in [2.45, 2.75) is 13.3 Å². The number of carbonyl (C=O) groups is 1. The largest absolute Gasteiger partial charge is 0.494 e. The standard InChI is InChI=1S/C12H13N3O3/c1-8-13-11(7-12(16)17)15(14-8)9-5-3-4-6-10(9)18-2/h3-6H,7H2,1-2H3,(H,16,17). The molecule has 6 nitrogen and oxygen atoms in total. The highest BCUT2D eigenvalue weighted by atomic mass is 16.5. The molecule has 1 N–H and O–H groups in total. The lowest BCUT2D eigenvalue weighted by molar-refractivity contribution is -0.136. The van der Waals surface area contributed by atoms with Crippen LogP contribution in [0.15, 0.2) is 24.3 Å². The summed E-state index contributed by atoms with van der Waals surface area (Å²) in [6, 6.07) is 7.26. The van der Waals surface area contributed by atoms with E-state index in [1.807, 2.05) is 12.1 Å². The number of ether oxygens (including phenoxy) is 1. The van der Waals surface area contributed by atoms with Crippen molar-refractivity contribution in [1.29, 1.82) is 0 Å². The van der Waals surface area contributed by atoms with Crippen LogP contribution in [-0.4, -0.2) is 33.0 Å². The number of para-hydroxylation sites is 2. The molecular weight excluding hydrogens is 234 g/mol. The van der Waals surface area contributed by atoms with E-state index in [0.29, 0.717) is 23.1 Å². The van der Waals surface area contributed by atoms with Crippen LogP contribution in [0.3, 0.4) is 0 Å². The third kappa shape index (κ3) is 2.32. The number of aromatic nitrogens is 3. The number of aliphatic carboxylic acids is 1. The second kappa shape index (κ2) is 4.87. The molecule has 0 atom stereocenters. The fraction of sp³-hybridized carbons (Fsp3) is 0.250. The van der Waals surface area contributed by atoms with Crippen LogP contribution in [0.2, 0.25) is 0 Å². The number of carboxylic acids is 1. The number of benzene rings is 1. The van der Waals surface area contributed by atoms with Crippen molar-refractivity contribution in [2.75, 3.05) is 7.11 Å². The van der Waals surface area contributed by atoms with Crippen LogP contribution in [0.5, 0.6) is 5.75 Å². The summed E-state index contributed by atoms with van der Waals surface area (Å²) < 4.78 is 6.74. The summed E-state index contributed by atoms with van der Waals surface area (Å²) in [6.07, 6.45) is -0.182. The highest BCUT2D eigenvalue weighted by molar-refractivity contribution is 5.69. The van der Waals surface area contributed by atoms with E-state index < -0.39 is 5.97 Å². The SMILES string of the molecule is COc1ccccc1-n1nc(C)nc1CC(=O)O. The van der Waals surface area contributed by atoms with Crippen LogP contribution in [0, 0.1) is 6.92 Å². The Hall–Kier alpha value is -2.37. The topological polar surface area (TPSA) is 77.2 Å². The van der Waals surface area contributed by atoms with E-state index >= 15 is 0 Å². The second-order valence-electron chi connectivity index (χ2n) is 3.73. The van der Waals surface area contributed by atoms with Gasteiger partial charge in [-0.25, -0.2) is 9.67 Å². The minimum Gasteiger partial charge on any atom is -0.494 e. The molecule has 0 aliphatic heterocycles. The number of methoxy groups -OCH3 is 1. The Morgan fingerprint density at radius 1 is 1.44 bits per heavy atom. The summed E-state index contributed by atoms with van der Waals surface area (Å²) in [4.78, 5) is 14.9. The first-order valence-electron chi connectivity index (χ1n) is 5.39. The molecule has 1 aromatic carbocycles. The van der Waals surface area contributed by atoms with Crippen LogP contribution in [0.1, 0.15) is 11.6 Å². The normalized spacial score (nSPS) is 10.3. The zero-order valence-corrected chi connectivity index (χ0v) is 10.1. The predicted molar refractivity (Wildman–Crippen MR) is 64.0 cm³/mol. The van der Waals surface area contributed by atoms with Crippen molar-refractivity contribution >= 4 is 5.97 Å². The Balaban J connectivity index is 2.52. The lowest BCUT2D eigenvalue weighted by atomic mass is 10.3. The van der Waals surface area contributed by atoms with Gasteiger partial charge in [-0.05, 0) is 19.1 Å². The van der Waals surface area contributed by atoms with Crippen molar-refractivity contribution < 1.29 is 14.6 Å². The van der Waals surface area contributed by atoms with Crippen molar-refractivity contribution in [3.63, 3.8) is 0 Å². The summed E-state index contributed by atoms with van der Waals surface area (Å²) in [5.74, 6) is 0.578. The fourth-order valence-electron chi connectivity index (χ4n) is 1.71. The van der Waals surface area contributed by atoms with Gasteiger partial charge in [0.2, 0.25) is 0 Å². The van der Waals surface area contributed by atoms with Crippen molar-refractivity contribution in [3.05, 3.63) is 35.9 Å². The predicted octanol–water partition coefficient (Wildman–Crippen LogP) is 1.21. The monoisotopic (exact) mass is 247 g/mol. The molecule has 0 amide bonds. The first-order chi connectivity index (χ1) is 8.61. The van der Waals surface area contributed by atoms with Crippen LogP contribution < -0.4 is 4.74 Å². The van der Waals surface area contributed by atoms with Crippen molar-refractivity contribution in [1.82, 2.24) is 14.8 Å². The van der Waals surface area contributed by atoms with Gasteiger partial charge in [0.25, 0.3) is 0 Å². The van der Waals surface area contributed by atoms with E-state index in [1.54, 1.807) is 26.2 Å². The molecule has 0 saturated heterocycles. The van der Waals surface area contributed by atoms with Crippen molar-refractivity contribution in [3.8, 4) is 11.4 Å². The first-order valence-corrected chi connectivity index (χ1v) is 5.39. The Kier molecular flexibility index (Phi) is 3.27. The maximum Gasteiger partial charge on any atom is 0.311 e. The Morgan fingerprint density at radius 2 is 2.17 bits per heavy atom. The Labute approximate surface area is 104 Å². The number of carboxylic acid groups (broad SMARTS) is 1. The fourth-order valence-corrected chi connectivity index (χ4v) is 1.71. The average molecular weight is 247 g/mol. The molecule has 18 heavy (non-hydrogen) atoms. The van der Waals surface area contributed by atoms with Crippen LogP contribution in [0.25, 0.3) is 5.69 Å². The summed E-state index contributed by atoms with van der Waals surface area (Å²) in [5, 5.41) is 13.1. The lowest BCUT2D eigenvalue weighted by Crippen LogP contribution is -2.09. The lowest BCUT2D eigenvalue weighted by Gasteiger charge is -2.09. The molecule has 1 heterocycles. The molecule has 0 fully saturated rings. The van der Waals surface area contributed by atoms with Gasteiger partial charge in [-0.1, -0.05) is 12.1 Å². The summed E-state index contributed by atoms with van der Waals surface area (Å²) >= 11 is 0. The Morgan fingerprint density at radius 3 is 2.83 bits per heavy atom. The van der Waals surface area contributed by atoms with E-state index in [-0.39, 0.29) is 6.42 Å². The molecule has 2 rings (SSSR count). The van der Waals surface area contributed by atoms with Gasteiger partial charge in [0.1, 0.15) is 29.5 Å². The number of hydrogen-bond donors (Lipinski definition) is 1. The van der Waals surface area contributed by atoms with Gasteiger partial charge < -0.3 is 9.84 Å². The highest BCUT2D eigenvalue weighted by Gasteiger charge is 2.15. The average Bonchev–Trinajstić information content (AvgIpc) is 2.69. The number of rotatable bonds is 4. The van der Waals surface area contributed by atoms with Gasteiger partial charge in [0.05, 0.1) is 7.11 Å². The molecule has 0 spiro atoms. The van der Waals surface area contributed by atoms with E-state index in [9.17, 15) is 4.79 Å². The molecule has 0 saturated carbocycles. The third-order valence-corrected chi connectivity index (χ3v) is 2.40. The van der Waals surface area contributed by atoms with Crippen LogP contribution in [-0.2, 0) is 11.2 Å². The first kappa shape index (κ1) is 12.1. The van der Waals surface area contributed by atoms with Crippen LogP contribution >= 0.6 is 0 Å². The summed E-state index contributed by atoms with van der Waals surface area (Å²) in [6.45, 7) is 1.72. The number of nitrogens with zero attached hydrogens (tertiary/aromatic N) is 3. The van der Waals surface area contributed by atoms with Gasteiger partial charge in [0.15, 0.2) is 0 Å². The van der Waals surface area contributed by atoms with Gasteiger partial charge >= 0.3 is 5.97 Å². The van der Waals surface area contributed by atoms with Gasteiger partial charge in [0, 0.05) is 0 Å². The molecule has 2 aromatic rings. The number of aryl methyl sites for hydroxylation is 1. The van der Waals surface area contributed by atoms with Crippen molar-refractivity contribution in [2.24, 2.45) is 0 Å². The van der Waals surface area contributed by atoms with Gasteiger partial charge in [-0.2, -0.15) is 5.10 Å². The molecule has 1 aromatic heterocycles. The summed E-state index contributed by atoms with van der Waals surface area (Å²) in [7, 11) is 1.56. The minimum atomic E-state index is -0.946. The zero-order chi connectivity index (χ0) is 13.1. The van der Waals surface area contributed by atoms with E-state index in [0.717, 1.165) is 0 Å². The minimum absolute atomic E-state index is 0.182. The van der Waals surface area contributed by atoms with E-state index in [2.05, 4.69) is 10.1 Å². The second-order valence-corrected chi connectivity index (χ2v) is 3.73. The zero-order valence-electron chi connectivity index (χ0n) is 10.1.